The molecule has 1 aliphatic rings. The van der Waals surface area contributed by atoms with Gasteiger partial charge in [0.1, 0.15) is 0 Å². The van der Waals surface area contributed by atoms with Crippen LogP contribution in [0.15, 0.2) is 6.33 Å². The van der Waals surface area contributed by atoms with E-state index in [4.69, 9.17) is 5.73 Å². The Morgan fingerprint density at radius 3 is 3.29 bits per heavy atom. The van der Waals surface area contributed by atoms with E-state index in [1.807, 2.05) is 6.33 Å². The first-order valence-corrected chi connectivity index (χ1v) is 5.54. The summed E-state index contributed by atoms with van der Waals surface area (Å²) in [5.41, 5.74) is 8.25. The third-order valence-electron chi connectivity index (χ3n) is 3.06. The predicted molar refractivity (Wildman–Crippen MR) is 57.1 cm³/mol. The molecule has 0 saturated carbocycles. The zero-order chi connectivity index (χ0) is 9.97. The molecule has 3 heteroatoms. The maximum atomic E-state index is 5.51. The minimum atomic E-state index is 0.766. The van der Waals surface area contributed by atoms with Crippen LogP contribution in [0.3, 0.4) is 0 Å². The molecule has 1 aromatic rings. The quantitative estimate of drug-likeness (QED) is 0.787. The lowest BCUT2D eigenvalue weighted by molar-refractivity contribution is 0.414. The van der Waals surface area contributed by atoms with Gasteiger partial charge < -0.3 is 10.3 Å². The van der Waals surface area contributed by atoms with Gasteiger partial charge >= 0.3 is 0 Å². The van der Waals surface area contributed by atoms with Crippen molar-refractivity contribution in [1.29, 1.82) is 0 Å². The fourth-order valence-electron chi connectivity index (χ4n) is 2.15. The van der Waals surface area contributed by atoms with Crippen molar-refractivity contribution in [2.45, 2.75) is 39.2 Å². The monoisotopic (exact) mass is 193 g/mol. The highest BCUT2D eigenvalue weighted by atomic mass is 15.1. The van der Waals surface area contributed by atoms with Crippen molar-refractivity contribution in [3.05, 3.63) is 17.7 Å². The van der Waals surface area contributed by atoms with Gasteiger partial charge in [-0.15, -0.1) is 0 Å². The van der Waals surface area contributed by atoms with Crippen molar-refractivity contribution in [2.75, 3.05) is 6.54 Å². The summed E-state index contributed by atoms with van der Waals surface area (Å²) in [5.74, 6) is 0.816. The molecule has 0 saturated heterocycles. The van der Waals surface area contributed by atoms with E-state index in [2.05, 4.69) is 16.5 Å². The summed E-state index contributed by atoms with van der Waals surface area (Å²) in [7, 11) is 0. The van der Waals surface area contributed by atoms with Crippen molar-refractivity contribution in [3.8, 4) is 0 Å². The number of nitrogens with zero attached hydrogens (tertiary/aromatic N) is 2. The van der Waals surface area contributed by atoms with Gasteiger partial charge in [-0.05, 0) is 38.1 Å². The number of nitrogens with two attached hydrogens (primary N) is 1. The Bertz CT molecular complexity index is 303. The molecule has 0 aliphatic carbocycles. The van der Waals surface area contributed by atoms with Gasteiger partial charge in [0.05, 0.1) is 12.0 Å². The first kappa shape index (κ1) is 9.71. The van der Waals surface area contributed by atoms with E-state index < -0.39 is 0 Å². The summed E-state index contributed by atoms with van der Waals surface area (Å²) >= 11 is 0. The van der Waals surface area contributed by atoms with Crippen LogP contribution in [0, 0.1) is 5.92 Å². The van der Waals surface area contributed by atoms with E-state index in [9.17, 15) is 0 Å². The smallest absolute Gasteiger partial charge is 0.0951 e. The van der Waals surface area contributed by atoms with E-state index in [0.29, 0.717) is 0 Å². The topological polar surface area (TPSA) is 43.8 Å². The van der Waals surface area contributed by atoms with Crippen LogP contribution in [0.5, 0.6) is 0 Å². The lowest BCUT2D eigenvalue weighted by Gasteiger charge is -2.21. The van der Waals surface area contributed by atoms with Crippen molar-refractivity contribution in [1.82, 2.24) is 9.55 Å². The molecule has 78 valence electrons. The lowest BCUT2D eigenvalue weighted by Crippen LogP contribution is -2.17. The summed E-state index contributed by atoms with van der Waals surface area (Å²) < 4.78 is 2.31. The molecule has 2 rings (SSSR count). The van der Waals surface area contributed by atoms with Gasteiger partial charge in [0.2, 0.25) is 0 Å². The van der Waals surface area contributed by atoms with Crippen LogP contribution in [-0.4, -0.2) is 16.1 Å². The summed E-state index contributed by atoms with van der Waals surface area (Å²) in [5, 5.41) is 0. The normalized spacial score (nSPS) is 20.9. The molecule has 0 fully saturated rings. The second-order valence-corrected chi connectivity index (χ2v) is 4.32. The van der Waals surface area contributed by atoms with Gasteiger partial charge in [0.25, 0.3) is 0 Å². The average Bonchev–Trinajstić information content (AvgIpc) is 2.57. The highest BCUT2D eigenvalue weighted by molar-refractivity contribution is 5.15. The SMILES string of the molecule is CC1CCn2cnc(CCCN)c2C1. The Labute approximate surface area is 85.3 Å². The number of fused-ring (bicyclic) bond motifs is 1. The van der Waals surface area contributed by atoms with Crippen molar-refractivity contribution < 1.29 is 0 Å². The standard InChI is InChI=1S/C11H19N3/c1-9-4-6-14-8-13-10(3-2-5-12)11(14)7-9/h8-9H,2-7,12H2,1H3. The van der Waals surface area contributed by atoms with Crippen LogP contribution >= 0.6 is 0 Å². The Kier molecular flexibility index (Phi) is 2.87. The second kappa shape index (κ2) is 4.13. The van der Waals surface area contributed by atoms with Gasteiger partial charge in [-0.3, -0.25) is 0 Å². The van der Waals surface area contributed by atoms with Gasteiger partial charge in [0.15, 0.2) is 0 Å². The molecule has 1 atom stereocenters. The van der Waals surface area contributed by atoms with Crippen LogP contribution in [0.2, 0.25) is 0 Å². The maximum absolute atomic E-state index is 5.51. The highest BCUT2D eigenvalue weighted by Gasteiger charge is 2.18. The van der Waals surface area contributed by atoms with Crippen LogP contribution in [0.1, 0.15) is 31.2 Å². The number of hydrogen-bond donors (Lipinski definition) is 1. The molecular weight excluding hydrogens is 174 g/mol. The van der Waals surface area contributed by atoms with Gasteiger partial charge in [-0.2, -0.15) is 0 Å². The summed E-state index contributed by atoms with van der Waals surface area (Å²) in [6.45, 7) is 4.23. The van der Waals surface area contributed by atoms with E-state index in [1.165, 1.54) is 24.2 Å². The molecule has 0 bridgehead atoms. The number of aromatic nitrogens is 2. The first-order valence-electron chi connectivity index (χ1n) is 5.54. The van der Waals surface area contributed by atoms with Crippen molar-refractivity contribution >= 4 is 0 Å². The van der Waals surface area contributed by atoms with E-state index >= 15 is 0 Å². The third kappa shape index (κ3) is 1.82. The molecule has 2 heterocycles. The van der Waals surface area contributed by atoms with E-state index in [0.717, 1.165) is 31.8 Å². The van der Waals surface area contributed by atoms with E-state index in [-0.39, 0.29) is 0 Å². The Balaban J connectivity index is 2.13. The number of aryl methyl sites for hydroxylation is 2. The molecule has 3 nitrogen and oxygen atoms in total. The minimum Gasteiger partial charge on any atom is -0.334 e. The van der Waals surface area contributed by atoms with Crippen molar-refractivity contribution in [2.24, 2.45) is 11.7 Å². The molecule has 0 amide bonds. The summed E-state index contributed by atoms with van der Waals surface area (Å²) in [4.78, 5) is 4.48. The average molecular weight is 193 g/mol. The highest BCUT2D eigenvalue weighted by Crippen LogP contribution is 2.22. The fraction of sp³-hybridized carbons (Fsp3) is 0.727. The lowest BCUT2D eigenvalue weighted by atomic mass is 9.96. The van der Waals surface area contributed by atoms with Gasteiger partial charge in [-0.25, -0.2) is 4.98 Å². The molecular formula is C11H19N3. The Morgan fingerprint density at radius 1 is 1.64 bits per heavy atom. The predicted octanol–water partition coefficient (Wildman–Crippen LogP) is 1.36. The number of imidazole rings is 1. The molecule has 1 aromatic heterocycles. The zero-order valence-corrected chi connectivity index (χ0v) is 8.87. The minimum absolute atomic E-state index is 0.766. The van der Waals surface area contributed by atoms with E-state index in [1.54, 1.807) is 0 Å². The fourth-order valence-corrected chi connectivity index (χ4v) is 2.15. The first-order chi connectivity index (χ1) is 6.81. The van der Waals surface area contributed by atoms with Crippen LogP contribution in [0.25, 0.3) is 0 Å². The third-order valence-corrected chi connectivity index (χ3v) is 3.06. The molecule has 1 aliphatic heterocycles. The van der Waals surface area contributed by atoms with Gasteiger partial charge in [0, 0.05) is 12.2 Å². The number of hydrogen-bond acceptors (Lipinski definition) is 2. The largest absolute Gasteiger partial charge is 0.334 e. The van der Waals surface area contributed by atoms with Crippen LogP contribution in [-0.2, 0) is 19.4 Å². The Hall–Kier alpha value is -0.830. The van der Waals surface area contributed by atoms with Crippen LogP contribution < -0.4 is 5.73 Å². The van der Waals surface area contributed by atoms with Crippen LogP contribution in [0.4, 0.5) is 0 Å². The van der Waals surface area contributed by atoms with Gasteiger partial charge in [-0.1, -0.05) is 6.92 Å². The molecule has 14 heavy (non-hydrogen) atoms. The Morgan fingerprint density at radius 2 is 2.50 bits per heavy atom. The van der Waals surface area contributed by atoms with Crippen molar-refractivity contribution in [3.63, 3.8) is 0 Å². The maximum Gasteiger partial charge on any atom is 0.0951 e. The summed E-state index contributed by atoms with van der Waals surface area (Å²) in [6, 6.07) is 0. The molecule has 0 spiro atoms. The zero-order valence-electron chi connectivity index (χ0n) is 8.87. The second-order valence-electron chi connectivity index (χ2n) is 4.32. The molecule has 0 aromatic carbocycles. The molecule has 2 N–H and O–H groups in total. The molecule has 1 unspecified atom stereocenters. The molecule has 0 radical (unpaired) electrons. The number of rotatable bonds is 3. The summed E-state index contributed by atoms with van der Waals surface area (Å²) in [6.07, 6.45) is 6.58.